The molecule has 0 aliphatic heterocycles. The van der Waals surface area contributed by atoms with Crippen LogP contribution in [0.4, 0.5) is 8.78 Å². The molecule has 0 aliphatic rings. The Bertz CT molecular complexity index is 458. The Morgan fingerprint density at radius 1 is 1.32 bits per heavy atom. The van der Waals surface area contributed by atoms with Crippen LogP contribution in [0.3, 0.4) is 0 Å². The van der Waals surface area contributed by atoms with Crippen molar-refractivity contribution in [2.45, 2.75) is 33.6 Å². The van der Waals surface area contributed by atoms with E-state index >= 15 is 0 Å². The molecule has 4 heteroatoms. The minimum Gasteiger partial charge on any atom is -0.330 e. The first-order valence-corrected chi connectivity index (χ1v) is 6.54. The van der Waals surface area contributed by atoms with Crippen molar-refractivity contribution in [2.75, 3.05) is 6.54 Å². The van der Waals surface area contributed by atoms with Crippen molar-refractivity contribution < 1.29 is 13.6 Å². The molecule has 0 heterocycles. The van der Waals surface area contributed by atoms with Gasteiger partial charge in [0.15, 0.2) is 5.78 Å². The molecule has 0 bridgehead atoms. The number of halogens is 2. The number of hydrogen-bond acceptors (Lipinski definition) is 2. The molecular weight excluding hydrogens is 248 g/mol. The van der Waals surface area contributed by atoms with Crippen LogP contribution in [0.15, 0.2) is 12.1 Å². The zero-order valence-corrected chi connectivity index (χ0v) is 11.7. The molecule has 2 N–H and O–H groups in total. The minimum absolute atomic E-state index is 0.0354. The molecule has 1 unspecified atom stereocenters. The number of rotatable bonds is 6. The number of carbonyl (C=O) groups is 1. The highest BCUT2D eigenvalue weighted by atomic mass is 19.1. The first-order valence-electron chi connectivity index (χ1n) is 6.54. The molecule has 0 aliphatic carbocycles. The normalized spacial score (nSPS) is 12.8. The Hall–Kier alpha value is -1.29. The predicted octanol–water partition coefficient (Wildman–Crippen LogP) is 3.47. The van der Waals surface area contributed by atoms with Gasteiger partial charge in [0.05, 0.1) is 5.56 Å². The molecule has 0 saturated carbocycles. The molecule has 1 atom stereocenters. The average Bonchev–Trinajstić information content (AvgIpc) is 2.33. The van der Waals surface area contributed by atoms with Crippen molar-refractivity contribution in [3.63, 3.8) is 0 Å². The fraction of sp³-hybridized carbons (Fsp3) is 0.533. The third kappa shape index (κ3) is 4.10. The molecule has 0 spiro atoms. The SMILES string of the molecule is Cc1ccc(F)c(C(=O)CC(CN)CC(C)C)c1F. The van der Waals surface area contributed by atoms with Crippen LogP contribution in [0.2, 0.25) is 0 Å². The number of nitrogens with two attached hydrogens (primary N) is 1. The van der Waals surface area contributed by atoms with E-state index in [1.165, 1.54) is 13.0 Å². The second-order valence-corrected chi connectivity index (χ2v) is 5.41. The lowest BCUT2D eigenvalue weighted by Gasteiger charge is -2.16. The van der Waals surface area contributed by atoms with E-state index in [1.54, 1.807) is 0 Å². The number of ketones is 1. The highest BCUT2D eigenvalue weighted by Gasteiger charge is 2.22. The van der Waals surface area contributed by atoms with Gasteiger partial charge in [-0.05, 0) is 43.4 Å². The third-order valence-corrected chi connectivity index (χ3v) is 3.18. The zero-order valence-electron chi connectivity index (χ0n) is 11.7. The lowest BCUT2D eigenvalue weighted by Crippen LogP contribution is -2.21. The second-order valence-electron chi connectivity index (χ2n) is 5.41. The summed E-state index contributed by atoms with van der Waals surface area (Å²) >= 11 is 0. The number of carbonyl (C=O) groups excluding carboxylic acids is 1. The molecule has 1 rings (SSSR count). The van der Waals surface area contributed by atoms with Crippen molar-refractivity contribution in [1.29, 1.82) is 0 Å². The van der Waals surface area contributed by atoms with Crippen LogP contribution in [0.1, 0.15) is 42.6 Å². The lowest BCUT2D eigenvalue weighted by atomic mass is 9.90. The number of Topliss-reactive ketones (excluding diaryl/α,β-unsaturated/α-hetero) is 1. The van der Waals surface area contributed by atoms with Crippen LogP contribution >= 0.6 is 0 Å². The standard InChI is InChI=1S/C15H21F2NO/c1-9(2)6-11(8-18)7-13(19)14-12(16)5-4-10(3)15(14)17/h4-5,9,11H,6-8,18H2,1-3H3. The Labute approximate surface area is 113 Å². The van der Waals surface area contributed by atoms with Crippen LogP contribution in [-0.2, 0) is 0 Å². The lowest BCUT2D eigenvalue weighted by molar-refractivity contribution is 0.0949. The van der Waals surface area contributed by atoms with Gasteiger partial charge in [-0.2, -0.15) is 0 Å². The number of benzene rings is 1. The van der Waals surface area contributed by atoms with Crippen molar-refractivity contribution in [2.24, 2.45) is 17.6 Å². The summed E-state index contributed by atoms with van der Waals surface area (Å²) in [5.41, 5.74) is 5.46. The minimum atomic E-state index is -0.798. The maximum atomic E-state index is 13.8. The molecular formula is C15H21F2NO. The molecule has 106 valence electrons. The van der Waals surface area contributed by atoms with Gasteiger partial charge in [-0.25, -0.2) is 8.78 Å². The second kappa shape index (κ2) is 6.75. The van der Waals surface area contributed by atoms with Gasteiger partial charge in [-0.1, -0.05) is 19.9 Å². The van der Waals surface area contributed by atoms with Crippen LogP contribution in [0.5, 0.6) is 0 Å². The molecule has 0 aromatic heterocycles. The largest absolute Gasteiger partial charge is 0.330 e. The van der Waals surface area contributed by atoms with Crippen LogP contribution in [0.25, 0.3) is 0 Å². The van der Waals surface area contributed by atoms with Gasteiger partial charge < -0.3 is 5.73 Å². The molecule has 0 radical (unpaired) electrons. The van der Waals surface area contributed by atoms with Crippen LogP contribution < -0.4 is 5.73 Å². The Morgan fingerprint density at radius 3 is 2.47 bits per heavy atom. The van der Waals surface area contributed by atoms with Gasteiger partial charge >= 0.3 is 0 Å². The average molecular weight is 269 g/mol. The first-order chi connectivity index (χ1) is 8.86. The van der Waals surface area contributed by atoms with Crippen molar-refractivity contribution >= 4 is 5.78 Å². The van der Waals surface area contributed by atoms with Crippen molar-refractivity contribution in [1.82, 2.24) is 0 Å². The van der Waals surface area contributed by atoms with E-state index in [-0.39, 0.29) is 17.9 Å². The van der Waals surface area contributed by atoms with Gasteiger partial charge in [0.2, 0.25) is 0 Å². The summed E-state index contributed by atoms with van der Waals surface area (Å²) in [5, 5.41) is 0. The highest BCUT2D eigenvalue weighted by Crippen LogP contribution is 2.22. The van der Waals surface area contributed by atoms with Gasteiger partial charge in [0.25, 0.3) is 0 Å². The molecule has 0 fully saturated rings. The van der Waals surface area contributed by atoms with E-state index in [0.717, 1.165) is 12.5 Å². The summed E-state index contributed by atoms with van der Waals surface area (Å²) in [6.45, 7) is 5.92. The molecule has 2 nitrogen and oxygen atoms in total. The highest BCUT2D eigenvalue weighted by molar-refractivity contribution is 5.97. The molecule has 19 heavy (non-hydrogen) atoms. The van der Waals surface area contributed by atoms with E-state index in [2.05, 4.69) is 0 Å². The molecule has 0 amide bonds. The summed E-state index contributed by atoms with van der Waals surface area (Å²) in [6.07, 6.45) is 0.864. The topological polar surface area (TPSA) is 43.1 Å². The Kier molecular flexibility index (Phi) is 5.60. The van der Waals surface area contributed by atoms with E-state index < -0.39 is 23.0 Å². The summed E-state index contributed by atoms with van der Waals surface area (Å²) in [7, 11) is 0. The fourth-order valence-corrected chi connectivity index (χ4v) is 2.21. The van der Waals surface area contributed by atoms with E-state index in [1.807, 2.05) is 13.8 Å². The van der Waals surface area contributed by atoms with Gasteiger partial charge in [0.1, 0.15) is 11.6 Å². The van der Waals surface area contributed by atoms with Crippen molar-refractivity contribution in [3.8, 4) is 0 Å². The summed E-state index contributed by atoms with van der Waals surface area (Å²) in [4.78, 5) is 12.1. The Balaban J connectivity index is 2.92. The fourth-order valence-electron chi connectivity index (χ4n) is 2.21. The zero-order chi connectivity index (χ0) is 14.6. The van der Waals surface area contributed by atoms with Crippen LogP contribution in [0, 0.1) is 30.4 Å². The molecule has 0 saturated heterocycles. The quantitative estimate of drug-likeness (QED) is 0.804. The van der Waals surface area contributed by atoms with E-state index in [0.29, 0.717) is 12.5 Å². The van der Waals surface area contributed by atoms with Crippen LogP contribution in [-0.4, -0.2) is 12.3 Å². The van der Waals surface area contributed by atoms with Gasteiger partial charge in [-0.3, -0.25) is 4.79 Å². The monoisotopic (exact) mass is 269 g/mol. The Morgan fingerprint density at radius 2 is 1.95 bits per heavy atom. The van der Waals surface area contributed by atoms with E-state index in [9.17, 15) is 13.6 Å². The summed E-state index contributed by atoms with van der Waals surface area (Å²) in [5.74, 6) is -1.70. The number of hydrogen-bond donors (Lipinski definition) is 1. The van der Waals surface area contributed by atoms with Gasteiger partial charge in [-0.15, -0.1) is 0 Å². The maximum absolute atomic E-state index is 13.8. The first kappa shape index (κ1) is 15.8. The van der Waals surface area contributed by atoms with Crippen molar-refractivity contribution in [3.05, 3.63) is 34.9 Å². The van der Waals surface area contributed by atoms with Gasteiger partial charge in [0, 0.05) is 6.42 Å². The summed E-state index contributed by atoms with van der Waals surface area (Å²) < 4.78 is 27.4. The maximum Gasteiger partial charge on any atom is 0.169 e. The molecule has 1 aromatic rings. The predicted molar refractivity (Wildman–Crippen MR) is 72.0 cm³/mol. The smallest absolute Gasteiger partial charge is 0.169 e. The third-order valence-electron chi connectivity index (χ3n) is 3.18. The summed E-state index contributed by atoms with van der Waals surface area (Å²) in [6, 6.07) is 2.46. The van der Waals surface area contributed by atoms with E-state index in [4.69, 9.17) is 5.73 Å². The molecule has 1 aromatic carbocycles. The number of aryl methyl sites for hydroxylation is 1.